The molecule has 14 nitrogen and oxygen atoms in total. The van der Waals surface area contributed by atoms with Crippen LogP contribution in [0.3, 0.4) is 0 Å². The average molecular weight is 1200 g/mol. The summed E-state index contributed by atoms with van der Waals surface area (Å²) in [5.41, 5.74) is 0. The van der Waals surface area contributed by atoms with E-state index in [-0.39, 0.29) is 0 Å². The maximum Gasteiger partial charge on any atom is 0.316 e. The van der Waals surface area contributed by atoms with Crippen LogP contribution < -0.4 is 0 Å². The highest BCUT2D eigenvalue weighted by atomic mass is 28.5. The number of hydrogen-bond acceptors (Lipinski definition) is 14. The summed E-state index contributed by atoms with van der Waals surface area (Å²) in [6.07, 6.45) is 14.9. The van der Waals surface area contributed by atoms with Crippen LogP contribution in [0.25, 0.3) is 0 Å². The quantitative estimate of drug-likeness (QED) is 0.0674. The van der Waals surface area contributed by atoms with E-state index in [0.717, 1.165) is 43.1 Å². The zero-order chi connectivity index (χ0) is 49.8. The molecule has 0 saturated carbocycles. The van der Waals surface area contributed by atoms with Crippen LogP contribution in [0.4, 0.5) is 0 Å². The molecule has 0 aliphatic carbocycles. The van der Waals surface area contributed by atoms with Crippen molar-refractivity contribution < 1.29 is 57.9 Å². The number of hydrogen-bond donors (Lipinski definition) is 0. The standard InChI is InChI=1S/C31H88O14Si15.3C2H6/c1-31-30-49(2)36-58(41-50(3)32-31)27-21-14-12-18-24-46-33-48-35-57(26-20-15-17-23-29-60(11)44-55(8)39-52(5)40-56(9)45-60)34-47-25-19-13-16-22-28-59(10)42-53(6)37-51(4)38-54(7)43-59;3*1-2/h31,49-58H,12-30,46-48H2,1-11H3;3*1-2H3. The molecule has 3 heterocycles. The van der Waals surface area contributed by atoms with Crippen LogP contribution >= 0.6 is 0 Å². The van der Waals surface area contributed by atoms with Crippen LogP contribution in [0.2, 0.25) is 108 Å². The Morgan fingerprint density at radius 3 is 1.44 bits per heavy atom. The molecule has 0 bridgehead atoms. The van der Waals surface area contributed by atoms with Gasteiger partial charge in [-0.3, -0.25) is 0 Å². The van der Waals surface area contributed by atoms with Gasteiger partial charge in [-0.25, -0.2) is 0 Å². The SMILES string of the molecule is CC.CC.CC.CC1C[SiH](C)O[SiH](CCCCCC[SiH2]O[SiH2]O[SiH](CCCCCC[Si]2(C)O[SiH](C)O[SiH](C)O[SiH](C)O2)O[SiH2]CCCCCC[Si]2(C)O[SiH](C)O[SiH](C)O[SiH](C)O2)O[SiH](C)O1. The Morgan fingerprint density at radius 2 is 0.939 bits per heavy atom. The molecule has 0 aromatic heterocycles. The van der Waals surface area contributed by atoms with Crippen molar-refractivity contribution in [3.63, 3.8) is 0 Å². The molecule has 3 aliphatic heterocycles. The van der Waals surface area contributed by atoms with Gasteiger partial charge < -0.3 is 57.9 Å². The third-order valence-electron chi connectivity index (χ3n) is 11.0. The fourth-order valence-corrected chi connectivity index (χ4v) is 56.2. The largest absolute Gasteiger partial charge is 0.446 e. The third kappa shape index (κ3) is 35.8. The van der Waals surface area contributed by atoms with Gasteiger partial charge in [0, 0.05) is 6.10 Å². The minimum absolute atomic E-state index is 0.306. The lowest BCUT2D eigenvalue weighted by atomic mass is 10.2. The van der Waals surface area contributed by atoms with E-state index in [1.165, 1.54) is 76.3 Å². The molecule has 0 radical (unpaired) electrons. The molecule has 9 atom stereocenters. The Morgan fingerprint density at radius 1 is 0.500 bits per heavy atom. The molecule has 0 aromatic carbocycles. The first-order chi connectivity index (χ1) is 31.6. The molecule has 29 heteroatoms. The lowest BCUT2D eigenvalue weighted by molar-refractivity contribution is 0.187. The highest BCUT2D eigenvalue weighted by Gasteiger charge is 2.40. The lowest BCUT2D eigenvalue weighted by Crippen LogP contribution is -2.52. The van der Waals surface area contributed by atoms with Crippen molar-refractivity contribution in [2.75, 3.05) is 0 Å². The molecule has 3 saturated heterocycles. The van der Waals surface area contributed by atoms with Crippen LogP contribution in [-0.4, -0.2) is 145 Å². The van der Waals surface area contributed by atoms with Gasteiger partial charge in [0.2, 0.25) is 0 Å². The van der Waals surface area contributed by atoms with Crippen molar-refractivity contribution in [1.29, 1.82) is 0 Å². The minimum atomic E-state index is -2.24. The van der Waals surface area contributed by atoms with Crippen LogP contribution in [0, 0.1) is 0 Å². The summed E-state index contributed by atoms with van der Waals surface area (Å²) in [7, 11) is -22.4. The van der Waals surface area contributed by atoms with Crippen molar-refractivity contribution in [2.45, 2.75) is 239 Å². The Bertz CT molecular complexity index is 1080. The molecule has 9 unspecified atom stereocenters. The second-order valence-electron chi connectivity index (χ2n) is 17.5. The molecule has 0 aromatic rings. The van der Waals surface area contributed by atoms with E-state index in [2.05, 4.69) is 72.4 Å². The highest BCUT2D eigenvalue weighted by molar-refractivity contribution is 6.82. The average Bonchev–Trinajstić information content (AvgIpc) is 3.23. The fraction of sp³-hybridized carbons (Fsp3) is 1.00. The van der Waals surface area contributed by atoms with Gasteiger partial charge in [-0.1, -0.05) is 119 Å². The molecule has 0 N–H and O–H groups in total. The molecule has 3 fully saturated rings. The first kappa shape index (κ1) is 68.7. The summed E-state index contributed by atoms with van der Waals surface area (Å²) >= 11 is 0. The molecule has 0 amide bonds. The summed E-state index contributed by atoms with van der Waals surface area (Å²) in [6, 6.07) is 7.86. The van der Waals surface area contributed by atoms with E-state index in [0.29, 0.717) is 6.10 Å². The maximum atomic E-state index is 6.66. The van der Waals surface area contributed by atoms with Crippen LogP contribution in [-0.2, 0) is 57.9 Å². The van der Waals surface area contributed by atoms with Gasteiger partial charge in [0.1, 0.15) is 19.5 Å². The molecule has 0 spiro atoms. The number of rotatable bonds is 27. The lowest BCUT2D eigenvalue weighted by Gasteiger charge is -2.37. The Hall–Kier alpha value is 2.69. The normalized spacial score (nSPS) is 33.0. The zero-order valence-corrected chi connectivity index (χ0v) is 63.4. The molecule has 3 rings (SSSR count). The molecule has 398 valence electrons. The summed E-state index contributed by atoms with van der Waals surface area (Å²) in [5, 5.41) is 0. The Labute approximate surface area is 433 Å². The van der Waals surface area contributed by atoms with Crippen LogP contribution in [0.1, 0.15) is 126 Å². The summed E-state index contributed by atoms with van der Waals surface area (Å²) in [5.74, 6) is 0. The van der Waals surface area contributed by atoms with E-state index in [4.69, 9.17) is 57.9 Å². The topological polar surface area (TPSA) is 129 Å². The van der Waals surface area contributed by atoms with Crippen molar-refractivity contribution in [3.8, 4) is 0 Å². The molecular formula is C37H106O14Si15. The minimum Gasteiger partial charge on any atom is -0.446 e. The van der Waals surface area contributed by atoms with E-state index < -0.39 is 139 Å². The predicted molar refractivity (Wildman–Crippen MR) is 315 cm³/mol. The third-order valence-corrected chi connectivity index (χ3v) is 56.7. The smallest absolute Gasteiger partial charge is 0.316 e. The van der Waals surface area contributed by atoms with Gasteiger partial charge in [0.25, 0.3) is 65.7 Å². The van der Waals surface area contributed by atoms with Gasteiger partial charge in [-0.2, -0.15) is 0 Å². The predicted octanol–water partition coefficient (Wildman–Crippen LogP) is 6.30. The van der Waals surface area contributed by atoms with Crippen molar-refractivity contribution in [1.82, 2.24) is 0 Å². The Balaban J connectivity index is 0.00000675. The highest BCUT2D eigenvalue weighted by Crippen LogP contribution is 2.25. The first-order valence-corrected chi connectivity index (χ1v) is 56.7. The number of unbranched alkanes of at least 4 members (excludes halogenated alkanes) is 9. The van der Waals surface area contributed by atoms with Crippen LogP contribution in [0.5, 0.6) is 0 Å². The zero-order valence-electron chi connectivity index (χ0n) is 45.6. The van der Waals surface area contributed by atoms with E-state index in [9.17, 15) is 0 Å². The second kappa shape index (κ2) is 43.0. The van der Waals surface area contributed by atoms with Gasteiger partial charge in [-0.15, -0.1) is 0 Å². The summed E-state index contributed by atoms with van der Waals surface area (Å²) in [4.78, 5) is 0. The second-order valence-corrected chi connectivity index (χ2v) is 53.3. The summed E-state index contributed by atoms with van der Waals surface area (Å²) < 4.78 is 88.7. The van der Waals surface area contributed by atoms with Crippen molar-refractivity contribution >= 4 is 139 Å². The fourth-order valence-electron chi connectivity index (χ4n) is 8.38. The molecular weight excluding hydrogens is 1090 g/mol. The Kier molecular flexibility index (Phi) is 44.7. The maximum absolute atomic E-state index is 6.66. The first-order valence-electron chi connectivity index (χ1n) is 26.7. The van der Waals surface area contributed by atoms with Crippen LogP contribution in [0.15, 0.2) is 0 Å². The monoisotopic (exact) mass is 1190 g/mol. The van der Waals surface area contributed by atoms with E-state index in [1.807, 2.05) is 41.5 Å². The van der Waals surface area contributed by atoms with E-state index in [1.54, 1.807) is 0 Å². The van der Waals surface area contributed by atoms with Gasteiger partial charge >= 0.3 is 45.0 Å². The van der Waals surface area contributed by atoms with Gasteiger partial charge in [0.05, 0.1) is 0 Å². The van der Waals surface area contributed by atoms with Gasteiger partial charge in [0.15, 0.2) is 9.04 Å². The summed E-state index contributed by atoms with van der Waals surface area (Å²) in [6.45, 7) is 35.8. The van der Waals surface area contributed by atoms with E-state index >= 15 is 0 Å². The van der Waals surface area contributed by atoms with Crippen molar-refractivity contribution in [3.05, 3.63) is 0 Å². The molecule has 3 aliphatic rings. The molecule has 66 heavy (non-hydrogen) atoms. The van der Waals surface area contributed by atoms with Gasteiger partial charge in [-0.05, 0) is 115 Å². The van der Waals surface area contributed by atoms with Crippen molar-refractivity contribution in [2.24, 2.45) is 0 Å².